The second kappa shape index (κ2) is 5.46. The second-order valence-electron chi connectivity index (χ2n) is 4.87. The summed E-state index contributed by atoms with van der Waals surface area (Å²) in [4.78, 5) is 2.05. The van der Waals surface area contributed by atoms with Gasteiger partial charge in [0.1, 0.15) is 5.75 Å². The fraction of sp³-hybridized carbons (Fsp3) is 0.333. The lowest BCUT2D eigenvalue weighted by Crippen LogP contribution is -2.22. The number of hydrogen-bond acceptors (Lipinski definition) is 5. The van der Waals surface area contributed by atoms with Crippen molar-refractivity contribution in [3.05, 3.63) is 36.4 Å². The molecule has 0 radical (unpaired) electrons. The molecule has 1 aromatic carbocycles. The molecule has 0 aliphatic carbocycles. The Morgan fingerprint density at radius 1 is 1.20 bits per heavy atom. The van der Waals surface area contributed by atoms with Gasteiger partial charge in [-0.15, -0.1) is 10.2 Å². The van der Waals surface area contributed by atoms with Crippen molar-refractivity contribution < 1.29 is 9.84 Å². The smallest absolute Gasteiger partial charge is 0.151 e. The van der Waals surface area contributed by atoms with Gasteiger partial charge >= 0.3 is 0 Å². The Morgan fingerprint density at radius 2 is 2.05 bits per heavy atom. The molecule has 1 fully saturated rings. The fourth-order valence-electron chi connectivity index (χ4n) is 2.44. The van der Waals surface area contributed by atoms with E-state index in [9.17, 15) is 5.11 Å². The zero-order valence-electron chi connectivity index (χ0n) is 11.4. The number of β-amino-alcohol motifs (C(OH)–C–C–N with tert-alkyl or cyclic N) is 1. The quantitative estimate of drug-likeness (QED) is 0.921. The molecule has 1 saturated heterocycles. The summed E-state index contributed by atoms with van der Waals surface area (Å²) < 4.78 is 5.33. The van der Waals surface area contributed by atoms with E-state index in [0.29, 0.717) is 6.54 Å². The van der Waals surface area contributed by atoms with Gasteiger partial charge in [-0.25, -0.2) is 0 Å². The van der Waals surface area contributed by atoms with Crippen molar-refractivity contribution in [2.75, 3.05) is 25.1 Å². The zero-order chi connectivity index (χ0) is 13.9. The number of anilines is 1. The lowest BCUT2D eigenvalue weighted by Gasteiger charge is -2.16. The maximum Gasteiger partial charge on any atom is 0.151 e. The second-order valence-corrected chi connectivity index (χ2v) is 4.87. The molecule has 5 nitrogen and oxygen atoms in total. The van der Waals surface area contributed by atoms with Gasteiger partial charge < -0.3 is 14.7 Å². The van der Waals surface area contributed by atoms with E-state index in [-0.39, 0.29) is 6.10 Å². The summed E-state index contributed by atoms with van der Waals surface area (Å²) in [6.07, 6.45) is 0.529. The molecule has 2 heterocycles. The number of rotatable bonds is 3. The van der Waals surface area contributed by atoms with Gasteiger partial charge in [0, 0.05) is 18.7 Å². The Bertz CT molecular complexity index is 586. The number of aliphatic hydroxyl groups is 1. The van der Waals surface area contributed by atoms with Crippen molar-refractivity contribution >= 4 is 5.82 Å². The van der Waals surface area contributed by atoms with Crippen LogP contribution in [-0.4, -0.2) is 41.6 Å². The Balaban J connectivity index is 1.86. The first-order valence-corrected chi connectivity index (χ1v) is 6.68. The first-order chi connectivity index (χ1) is 9.78. The Labute approximate surface area is 117 Å². The summed E-state index contributed by atoms with van der Waals surface area (Å²) in [5.74, 6) is 1.59. The van der Waals surface area contributed by atoms with Crippen LogP contribution in [0.4, 0.5) is 5.82 Å². The van der Waals surface area contributed by atoms with Gasteiger partial charge in [0.25, 0.3) is 0 Å². The Morgan fingerprint density at radius 3 is 2.70 bits per heavy atom. The number of ether oxygens (including phenoxy) is 1. The van der Waals surface area contributed by atoms with Crippen LogP contribution < -0.4 is 9.64 Å². The molecule has 0 spiro atoms. The van der Waals surface area contributed by atoms with Gasteiger partial charge in [-0.2, -0.15) is 0 Å². The molecule has 0 amide bonds. The molecule has 20 heavy (non-hydrogen) atoms. The fourth-order valence-corrected chi connectivity index (χ4v) is 2.44. The lowest BCUT2D eigenvalue weighted by atomic mass is 10.1. The van der Waals surface area contributed by atoms with Crippen molar-refractivity contribution in [2.45, 2.75) is 12.5 Å². The third-order valence-corrected chi connectivity index (χ3v) is 3.52. The molecular weight excluding hydrogens is 254 g/mol. The van der Waals surface area contributed by atoms with Gasteiger partial charge in [0.05, 0.1) is 18.9 Å². The van der Waals surface area contributed by atoms with Gasteiger partial charge in [-0.05, 0) is 30.7 Å². The molecule has 1 aliphatic heterocycles. The van der Waals surface area contributed by atoms with Crippen molar-refractivity contribution in [3.63, 3.8) is 0 Å². The van der Waals surface area contributed by atoms with Gasteiger partial charge in [0.15, 0.2) is 5.82 Å². The Hall–Kier alpha value is -2.14. The van der Waals surface area contributed by atoms with Crippen LogP contribution in [0.5, 0.6) is 5.75 Å². The third-order valence-electron chi connectivity index (χ3n) is 3.52. The summed E-state index contributed by atoms with van der Waals surface area (Å²) >= 11 is 0. The highest BCUT2D eigenvalue weighted by molar-refractivity contribution is 5.67. The molecule has 1 unspecified atom stereocenters. The van der Waals surface area contributed by atoms with Crippen LogP contribution in [0, 0.1) is 0 Å². The monoisotopic (exact) mass is 271 g/mol. The molecule has 1 aromatic heterocycles. The first kappa shape index (κ1) is 12.9. The molecule has 3 rings (SSSR count). The summed E-state index contributed by atoms with van der Waals surface area (Å²) in [5, 5.41) is 18.1. The highest BCUT2D eigenvalue weighted by atomic mass is 16.5. The third kappa shape index (κ3) is 2.44. The minimum absolute atomic E-state index is 0.259. The summed E-state index contributed by atoms with van der Waals surface area (Å²) in [6, 6.07) is 11.6. The van der Waals surface area contributed by atoms with Crippen molar-refractivity contribution in [1.82, 2.24) is 10.2 Å². The number of nitrogens with zero attached hydrogens (tertiary/aromatic N) is 3. The summed E-state index contributed by atoms with van der Waals surface area (Å²) in [6.45, 7) is 1.45. The van der Waals surface area contributed by atoms with Gasteiger partial charge in [0.2, 0.25) is 0 Å². The number of methoxy groups -OCH3 is 1. The van der Waals surface area contributed by atoms with Crippen LogP contribution in [-0.2, 0) is 0 Å². The maximum atomic E-state index is 9.56. The van der Waals surface area contributed by atoms with Crippen LogP contribution >= 0.6 is 0 Å². The van der Waals surface area contributed by atoms with Gasteiger partial charge in [-0.1, -0.05) is 12.1 Å². The molecule has 104 valence electrons. The number of para-hydroxylation sites is 1. The standard InChI is InChI=1S/C15H17N3O2/c1-20-14-5-3-2-4-12(14)13-6-7-15(17-16-13)18-9-8-11(19)10-18/h2-7,11,19H,8-10H2,1H3. The van der Waals surface area contributed by atoms with Crippen LogP contribution in [0.3, 0.4) is 0 Å². The minimum atomic E-state index is -0.259. The molecule has 5 heteroatoms. The predicted molar refractivity (Wildman–Crippen MR) is 76.9 cm³/mol. The topological polar surface area (TPSA) is 58.5 Å². The van der Waals surface area contributed by atoms with E-state index >= 15 is 0 Å². The highest BCUT2D eigenvalue weighted by Crippen LogP contribution is 2.28. The van der Waals surface area contributed by atoms with Crippen molar-refractivity contribution in [2.24, 2.45) is 0 Å². The van der Waals surface area contributed by atoms with Crippen LogP contribution in [0.1, 0.15) is 6.42 Å². The lowest BCUT2D eigenvalue weighted by molar-refractivity contribution is 0.198. The van der Waals surface area contributed by atoms with Gasteiger partial charge in [-0.3, -0.25) is 0 Å². The molecular formula is C15H17N3O2. The van der Waals surface area contributed by atoms with E-state index in [1.807, 2.05) is 41.3 Å². The molecule has 0 bridgehead atoms. The summed E-state index contributed by atoms with van der Waals surface area (Å²) in [5.41, 5.74) is 1.71. The van der Waals surface area contributed by atoms with E-state index in [0.717, 1.165) is 35.8 Å². The largest absolute Gasteiger partial charge is 0.496 e. The number of aliphatic hydroxyl groups excluding tert-OH is 1. The normalized spacial score (nSPS) is 18.3. The molecule has 2 aromatic rings. The predicted octanol–water partition coefficient (Wildman–Crippen LogP) is 1.72. The number of hydrogen-bond donors (Lipinski definition) is 1. The molecule has 1 atom stereocenters. The minimum Gasteiger partial charge on any atom is -0.496 e. The highest BCUT2D eigenvalue weighted by Gasteiger charge is 2.21. The molecule has 0 saturated carbocycles. The Kier molecular flexibility index (Phi) is 3.52. The van der Waals surface area contributed by atoms with Crippen LogP contribution in [0.2, 0.25) is 0 Å². The molecule has 1 aliphatic rings. The van der Waals surface area contributed by atoms with E-state index in [2.05, 4.69) is 10.2 Å². The SMILES string of the molecule is COc1ccccc1-c1ccc(N2CCC(O)C2)nn1. The summed E-state index contributed by atoms with van der Waals surface area (Å²) in [7, 11) is 1.65. The first-order valence-electron chi connectivity index (χ1n) is 6.68. The van der Waals surface area contributed by atoms with E-state index in [1.54, 1.807) is 7.11 Å². The van der Waals surface area contributed by atoms with E-state index in [1.165, 1.54) is 0 Å². The average molecular weight is 271 g/mol. The van der Waals surface area contributed by atoms with Crippen molar-refractivity contribution in [3.8, 4) is 17.0 Å². The van der Waals surface area contributed by atoms with Crippen molar-refractivity contribution in [1.29, 1.82) is 0 Å². The van der Waals surface area contributed by atoms with Crippen LogP contribution in [0.25, 0.3) is 11.3 Å². The number of benzene rings is 1. The molecule has 1 N–H and O–H groups in total. The maximum absolute atomic E-state index is 9.56. The van der Waals surface area contributed by atoms with E-state index < -0.39 is 0 Å². The average Bonchev–Trinajstić information content (AvgIpc) is 2.94. The zero-order valence-corrected chi connectivity index (χ0v) is 11.4. The van der Waals surface area contributed by atoms with E-state index in [4.69, 9.17) is 4.74 Å². The number of aromatic nitrogens is 2. The van der Waals surface area contributed by atoms with Crippen LogP contribution in [0.15, 0.2) is 36.4 Å².